The van der Waals surface area contributed by atoms with Gasteiger partial charge in [-0.05, 0) is 6.08 Å². The number of allylic oxidation sites excluding steroid dienone is 1. The van der Waals surface area contributed by atoms with Crippen molar-refractivity contribution in [3.05, 3.63) is 12.3 Å². The second-order valence-electron chi connectivity index (χ2n) is 1.78. The highest BCUT2D eigenvalue weighted by Gasteiger charge is 2.16. The lowest BCUT2D eigenvalue weighted by Crippen LogP contribution is -2.15. The molecule has 0 rings (SSSR count). The number of alkyl halides is 3. The third-order valence-electron chi connectivity index (χ3n) is 1.00. The zero-order valence-corrected chi connectivity index (χ0v) is 5.30. The maximum absolute atomic E-state index is 12.2. The molecule has 4 heteroatoms. The van der Waals surface area contributed by atoms with Crippen molar-refractivity contribution in [1.29, 1.82) is 0 Å². The monoisotopic (exact) mass is 154 g/mol. The van der Waals surface area contributed by atoms with Gasteiger partial charge in [0.25, 0.3) is 0 Å². The van der Waals surface area contributed by atoms with Crippen LogP contribution in [0.5, 0.6) is 0 Å². The lowest BCUT2D eigenvalue weighted by atomic mass is 10.2. The van der Waals surface area contributed by atoms with Gasteiger partial charge in [-0.2, -0.15) is 0 Å². The molecule has 0 aromatic rings. The normalized spacial score (nSPS) is 17.5. The van der Waals surface area contributed by atoms with E-state index in [4.69, 9.17) is 5.11 Å². The molecule has 0 fully saturated rings. The second kappa shape index (κ2) is 5.14. The van der Waals surface area contributed by atoms with Crippen LogP contribution in [0.15, 0.2) is 12.3 Å². The van der Waals surface area contributed by atoms with Crippen LogP contribution >= 0.6 is 0 Å². The lowest BCUT2D eigenvalue weighted by molar-refractivity contribution is 0.180. The standard InChI is InChI=1S/C6H9F3O/c7-3-1-5(8)6(9)2-4-10/h2,4-6,10H,1,3H2. The number of aliphatic hydroxyl groups is 1. The summed E-state index contributed by atoms with van der Waals surface area (Å²) < 4.78 is 35.8. The summed E-state index contributed by atoms with van der Waals surface area (Å²) in [6.45, 7) is -0.888. The van der Waals surface area contributed by atoms with Gasteiger partial charge in [-0.1, -0.05) is 0 Å². The predicted molar refractivity (Wildman–Crippen MR) is 32.2 cm³/mol. The fourth-order valence-corrected chi connectivity index (χ4v) is 0.466. The van der Waals surface area contributed by atoms with Crippen LogP contribution in [0.3, 0.4) is 0 Å². The van der Waals surface area contributed by atoms with Gasteiger partial charge in [0.1, 0.15) is 6.17 Å². The summed E-state index contributed by atoms with van der Waals surface area (Å²) in [5.74, 6) is 0. The fraction of sp³-hybridized carbons (Fsp3) is 0.667. The lowest BCUT2D eigenvalue weighted by Gasteiger charge is -2.05. The zero-order valence-electron chi connectivity index (χ0n) is 5.30. The van der Waals surface area contributed by atoms with E-state index in [1.54, 1.807) is 0 Å². The van der Waals surface area contributed by atoms with E-state index < -0.39 is 25.4 Å². The highest BCUT2D eigenvalue weighted by atomic mass is 19.2. The first-order valence-corrected chi connectivity index (χ1v) is 2.87. The van der Waals surface area contributed by atoms with Gasteiger partial charge in [0.15, 0.2) is 6.17 Å². The summed E-state index contributed by atoms with van der Waals surface area (Å²) in [6, 6.07) is 0. The summed E-state index contributed by atoms with van der Waals surface area (Å²) in [7, 11) is 0. The highest BCUT2D eigenvalue weighted by molar-refractivity contribution is 4.87. The van der Waals surface area contributed by atoms with Crippen LogP contribution in [-0.2, 0) is 0 Å². The van der Waals surface area contributed by atoms with E-state index in [-0.39, 0.29) is 0 Å². The van der Waals surface area contributed by atoms with Crippen molar-refractivity contribution in [2.24, 2.45) is 0 Å². The summed E-state index contributed by atoms with van der Waals surface area (Å²) in [5, 5.41) is 7.97. The number of aliphatic hydroxyl groups excluding tert-OH is 1. The molecular weight excluding hydrogens is 145 g/mol. The van der Waals surface area contributed by atoms with E-state index in [1.807, 2.05) is 0 Å². The van der Waals surface area contributed by atoms with Crippen molar-refractivity contribution < 1.29 is 18.3 Å². The van der Waals surface area contributed by atoms with Crippen LogP contribution in [0.1, 0.15) is 6.42 Å². The molecule has 0 heterocycles. The van der Waals surface area contributed by atoms with Gasteiger partial charge in [-0.3, -0.25) is 4.39 Å². The molecular formula is C6H9F3O. The zero-order chi connectivity index (χ0) is 7.98. The van der Waals surface area contributed by atoms with E-state index in [9.17, 15) is 13.2 Å². The van der Waals surface area contributed by atoms with E-state index in [0.717, 1.165) is 0 Å². The third kappa shape index (κ3) is 3.37. The number of hydrogen-bond donors (Lipinski definition) is 1. The molecule has 0 saturated carbocycles. The van der Waals surface area contributed by atoms with Gasteiger partial charge < -0.3 is 5.11 Å². The molecule has 1 N–H and O–H groups in total. The maximum atomic E-state index is 12.2. The smallest absolute Gasteiger partial charge is 0.153 e. The Morgan fingerprint density at radius 3 is 2.40 bits per heavy atom. The van der Waals surface area contributed by atoms with Crippen molar-refractivity contribution in [2.45, 2.75) is 18.8 Å². The number of rotatable bonds is 4. The summed E-state index contributed by atoms with van der Waals surface area (Å²) in [6.07, 6.45) is -3.17. The Morgan fingerprint density at radius 1 is 1.40 bits per heavy atom. The first kappa shape index (κ1) is 9.33. The minimum Gasteiger partial charge on any atom is -0.516 e. The average Bonchev–Trinajstić information content (AvgIpc) is 1.89. The van der Waals surface area contributed by atoms with E-state index >= 15 is 0 Å². The number of halogens is 3. The van der Waals surface area contributed by atoms with Crippen LogP contribution < -0.4 is 0 Å². The molecule has 0 aromatic carbocycles. The molecule has 0 aliphatic carbocycles. The van der Waals surface area contributed by atoms with Crippen molar-refractivity contribution in [2.75, 3.05) is 6.67 Å². The summed E-state index contributed by atoms with van der Waals surface area (Å²) in [4.78, 5) is 0. The van der Waals surface area contributed by atoms with Gasteiger partial charge in [0.05, 0.1) is 12.9 Å². The van der Waals surface area contributed by atoms with Gasteiger partial charge in [0.2, 0.25) is 0 Å². The molecule has 0 spiro atoms. The third-order valence-corrected chi connectivity index (χ3v) is 1.00. The molecule has 0 amide bonds. The molecule has 0 aliphatic heterocycles. The van der Waals surface area contributed by atoms with Crippen LogP contribution in [-0.4, -0.2) is 24.1 Å². The van der Waals surface area contributed by atoms with Crippen LogP contribution in [0.25, 0.3) is 0 Å². The van der Waals surface area contributed by atoms with Crippen LogP contribution in [0, 0.1) is 0 Å². The maximum Gasteiger partial charge on any atom is 0.153 e. The summed E-state index contributed by atoms with van der Waals surface area (Å²) in [5.41, 5.74) is 0. The van der Waals surface area contributed by atoms with Crippen molar-refractivity contribution in [3.8, 4) is 0 Å². The molecule has 1 nitrogen and oxygen atoms in total. The average molecular weight is 154 g/mol. The molecule has 2 unspecified atom stereocenters. The Bertz CT molecular complexity index is 105. The van der Waals surface area contributed by atoms with Crippen LogP contribution in [0.2, 0.25) is 0 Å². The van der Waals surface area contributed by atoms with Gasteiger partial charge >= 0.3 is 0 Å². The number of hydrogen-bond acceptors (Lipinski definition) is 1. The second-order valence-corrected chi connectivity index (χ2v) is 1.78. The first-order chi connectivity index (χ1) is 4.72. The SMILES string of the molecule is OC=CC(F)C(F)CCF. The minimum absolute atomic E-state index is 0.412. The van der Waals surface area contributed by atoms with Crippen molar-refractivity contribution >= 4 is 0 Å². The molecule has 60 valence electrons. The molecule has 10 heavy (non-hydrogen) atoms. The fourth-order valence-electron chi connectivity index (χ4n) is 0.466. The molecule has 0 radical (unpaired) electrons. The van der Waals surface area contributed by atoms with Crippen molar-refractivity contribution in [3.63, 3.8) is 0 Å². The van der Waals surface area contributed by atoms with Crippen molar-refractivity contribution in [1.82, 2.24) is 0 Å². The minimum atomic E-state index is -1.90. The Morgan fingerprint density at radius 2 is 2.00 bits per heavy atom. The molecule has 0 saturated heterocycles. The Hall–Kier alpha value is -0.670. The van der Waals surface area contributed by atoms with Gasteiger partial charge in [-0.25, -0.2) is 8.78 Å². The Balaban J connectivity index is 3.58. The first-order valence-electron chi connectivity index (χ1n) is 2.87. The highest BCUT2D eigenvalue weighted by Crippen LogP contribution is 2.09. The quantitative estimate of drug-likeness (QED) is 0.615. The van der Waals surface area contributed by atoms with E-state index in [0.29, 0.717) is 12.3 Å². The van der Waals surface area contributed by atoms with Gasteiger partial charge in [0, 0.05) is 6.42 Å². The Kier molecular flexibility index (Phi) is 4.80. The largest absolute Gasteiger partial charge is 0.516 e. The molecule has 0 aliphatic rings. The van der Waals surface area contributed by atoms with E-state index in [1.165, 1.54) is 0 Å². The van der Waals surface area contributed by atoms with Crippen LogP contribution in [0.4, 0.5) is 13.2 Å². The molecule has 0 bridgehead atoms. The topological polar surface area (TPSA) is 20.2 Å². The summed E-state index contributed by atoms with van der Waals surface area (Å²) >= 11 is 0. The van der Waals surface area contributed by atoms with Gasteiger partial charge in [-0.15, -0.1) is 0 Å². The molecule has 0 aromatic heterocycles. The molecule has 2 atom stereocenters. The van der Waals surface area contributed by atoms with E-state index in [2.05, 4.69) is 0 Å². The predicted octanol–water partition coefficient (Wildman–Crippen LogP) is 2.09. The Labute approximate surface area is 57.2 Å².